The van der Waals surface area contributed by atoms with E-state index in [1.807, 2.05) is 0 Å². The molecule has 1 aromatic heterocycles. The van der Waals surface area contributed by atoms with Gasteiger partial charge in [-0.15, -0.1) is 0 Å². The normalized spacial score (nSPS) is 23.0. The van der Waals surface area contributed by atoms with Crippen LogP contribution in [-0.2, 0) is 3.79 Å². The van der Waals surface area contributed by atoms with Crippen LogP contribution < -0.4 is 5.01 Å². The Hall–Kier alpha value is -0.830. The molecule has 0 radical (unpaired) electrons. The van der Waals surface area contributed by atoms with Crippen LogP contribution in [0.5, 0.6) is 0 Å². The zero-order valence-electron chi connectivity index (χ0n) is 10.4. The minimum Gasteiger partial charge on any atom is -0.362 e. The van der Waals surface area contributed by atoms with E-state index in [-0.39, 0.29) is 16.4 Å². The second-order valence-corrected chi connectivity index (χ2v) is 6.60. The maximum atomic E-state index is 13.0. The molecule has 0 bridgehead atoms. The lowest BCUT2D eigenvalue weighted by atomic mass is 10.1. The summed E-state index contributed by atoms with van der Waals surface area (Å²) < 4.78 is 37.1. The van der Waals surface area contributed by atoms with Crippen molar-refractivity contribution in [2.75, 3.05) is 5.01 Å². The zero-order chi connectivity index (χ0) is 16.1. The van der Waals surface area contributed by atoms with Crippen molar-refractivity contribution in [2.45, 2.75) is 29.0 Å². The van der Waals surface area contributed by atoms with Gasteiger partial charge >= 0.3 is 6.18 Å². The Morgan fingerprint density at radius 1 is 1.29 bits per heavy atom. The van der Waals surface area contributed by atoms with Gasteiger partial charge in [0.05, 0.1) is 5.69 Å². The Bertz CT molecular complexity index is 590. The monoisotopic (exact) mass is 362 g/mol. The van der Waals surface area contributed by atoms with Crippen molar-refractivity contribution >= 4 is 47.0 Å². The first-order chi connectivity index (χ1) is 9.45. The van der Waals surface area contributed by atoms with E-state index in [2.05, 4.69) is 15.1 Å². The summed E-state index contributed by atoms with van der Waals surface area (Å²) in [5.74, 6) is -0.509. The molecule has 0 spiro atoms. The van der Waals surface area contributed by atoms with Crippen LogP contribution in [0.25, 0.3) is 0 Å². The molecule has 21 heavy (non-hydrogen) atoms. The van der Waals surface area contributed by atoms with Crippen LogP contribution in [0.2, 0.25) is 0 Å². The second kappa shape index (κ2) is 5.12. The molecule has 2 rings (SSSR count). The number of anilines is 1. The van der Waals surface area contributed by atoms with E-state index in [0.29, 0.717) is 0 Å². The number of hydrazone groups is 1. The Labute approximate surface area is 132 Å². The van der Waals surface area contributed by atoms with Crippen LogP contribution in [0.3, 0.4) is 0 Å². The molecule has 11 heteroatoms. The third-order valence-corrected chi connectivity index (χ3v) is 3.28. The smallest absolute Gasteiger partial charge is 0.362 e. The molecule has 0 aromatic carbocycles. The van der Waals surface area contributed by atoms with Gasteiger partial charge in [0.15, 0.2) is 0 Å². The summed E-state index contributed by atoms with van der Waals surface area (Å²) in [5, 5.41) is 13.6. The highest BCUT2D eigenvalue weighted by molar-refractivity contribution is 6.66. The highest BCUT2D eigenvalue weighted by Gasteiger charge is 2.61. The highest BCUT2D eigenvalue weighted by Crippen LogP contribution is 2.42. The fraction of sp³-hybridized carbons (Fsp3) is 0.500. The van der Waals surface area contributed by atoms with E-state index in [0.717, 1.165) is 6.21 Å². The number of alkyl halides is 6. The number of halogens is 6. The largest absolute Gasteiger partial charge is 0.438 e. The summed E-state index contributed by atoms with van der Waals surface area (Å²) in [6.45, 7) is 1.48. The molecule has 0 saturated heterocycles. The average Bonchev–Trinajstić information content (AvgIpc) is 2.70. The van der Waals surface area contributed by atoms with Gasteiger partial charge in [-0.2, -0.15) is 23.3 Å². The molecular weight excluding hydrogens is 355 g/mol. The minimum atomic E-state index is -4.96. The summed E-state index contributed by atoms with van der Waals surface area (Å²) in [7, 11) is 0. The highest BCUT2D eigenvalue weighted by atomic mass is 35.6. The van der Waals surface area contributed by atoms with Crippen LogP contribution >= 0.6 is 34.8 Å². The molecule has 1 aliphatic heterocycles. The van der Waals surface area contributed by atoms with Crippen LogP contribution in [0.4, 0.5) is 19.1 Å². The van der Waals surface area contributed by atoms with Gasteiger partial charge < -0.3 is 5.11 Å². The standard InChI is InChI=1S/C10H8Cl3F3N4O/c1-5-4-6(9(11,12)13)19-7(18-5)20-8(21,2-3-17-20)10(14,15)16/h3-4,21H,2H2,1H3. The number of aliphatic hydroxyl groups is 1. The van der Waals surface area contributed by atoms with Crippen molar-refractivity contribution < 1.29 is 18.3 Å². The van der Waals surface area contributed by atoms with Gasteiger partial charge in [-0.05, 0) is 13.0 Å². The summed E-state index contributed by atoms with van der Waals surface area (Å²) >= 11 is 17.0. The van der Waals surface area contributed by atoms with E-state index >= 15 is 0 Å². The first-order valence-corrected chi connectivity index (χ1v) is 6.63. The maximum absolute atomic E-state index is 13.0. The summed E-state index contributed by atoms with van der Waals surface area (Å²) in [6, 6.07) is 1.31. The number of aromatic nitrogens is 2. The van der Waals surface area contributed by atoms with Crippen LogP contribution in [0.15, 0.2) is 11.2 Å². The number of rotatable bonds is 1. The van der Waals surface area contributed by atoms with Crippen molar-refractivity contribution in [1.82, 2.24) is 9.97 Å². The number of hydrogen-bond donors (Lipinski definition) is 1. The van der Waals surface area contributed by atoms with Crippen LogP contribution in [0, 0.1) is 6.92 Å². The van der Waals surface area contributed by atoms with E-state index in [1.165, 1.54) is 13.0 Å². The van der Waals surface area contributed by atoms with E-state index in [1.54, 1.807) is 0 Å². The molecule has 1 aliphatic rings. The summed E-state index contributed by atoms with van der Waals surface area (Å²) in [4.78, 5) is 7.54. The third-order valence-electron chi connectivity index (χ3n) is 2.70. The molecule has 1 unspecified atom stereocenters. The molecule has 1 atom stereocenters. The lowest BCUT2D eigenvalue weighted by molar-refractivity contribution is -0.254. The van der Waals surface area contributed by atoms with Crippen molar-refractivity contribution in [3.63, 3.8) is 0 Å². The Balaban J connectivity index is 2.52. The van der Waals surface area contributed by atoms with Gasteiger partial charge in [0.2, 0.25) is 9.74 Å². The molecule has 1 N–H and O–H groups in total. The number of hydrogen-bond acceptors (Lipinski definition) is 5. The van der Waals surface area contributed by atoms with Crippen molar-refractivity contribution in [2.24, 2.45) is 5.10 Å². The molecule has 1 aromatic rings. The predicted octanol–water partition coefficient (Wildman–Crippen LogP) is 3.06. The van der Waals surface area contributed by atoms with Gasteiger partial charge in [-0.25, -0.2) is 9.97 Å². The molecule has 0 saturated carbocycles. The summed E-state index contributed by atoms with van der Waals surface area (Å²) in [6.07, 6.45) is -4.80. The zero-order valence-corrected chi connectivity index (χ0v) is 12.6. The predicted molar refractivity (Wildman–Crippen MR) is 72.6 cm³/mol. The van der Waals surface area contributed by atoms with Gasteiger partial charge in [-0.1, -0.05) is 34.8 Å². The van der Waals surface area contributed by atoms with Crippen molar-refractivity contribution in [3.8, 4) is 0 Å². The van der Waals surface area contributed by atoms with E-state index in [9.17, 15) is 18.3 Å². The fourth-order valence-corrected chi connectivity index (χ4v) is 1.97. The van der Waals surface area contributed by atoms with Gasteiger partial charge in [0.25, 0.3) is 5.72 Å². The Kier molecular flexibility index (Phi) is 4.03. The van der Waals surface area contributed by atoms with E-state index < -0.39 is 28.1 Å². The van der Waals surface area contributed by atoms with Gasteiger partial charge in [0, 0.05) is 18.3 Å². The average molecular weight is 364 g/mol. The first-order valence-electron chi connectivity index (χ1n) is 5.50. The van der Waals surface area contributed by atoms with Crippen molar-refractivity contribution in [3.05, 3.63) is 17.5 Å². The second-order valence-electron chi connectivity index (χ2n) is 4.32. The topological polar surface area (TPSA) is 61.6 Å². The molecule has 0 amide bonds. The van der Waals surface area contributed by atoms with Crippen LogP contribution in [-0.4, -0.2) is 33.2 Å². The molecule has 116 valence electrons. The number of aryl methyl sites for hydroxylation is 1. The Morgan fingerprint density at radius 3 is 2.43 bits per heavy atom. The van der Waals surface area contributed by atoms with Gasteiger partial charge in [-0.3, -0.25) is 0 Å². The van der Waals surface area contributed by atoms with Gasteiger partial charge in [0.1, 0.15) is 0 Å². The first kappa shape index (κ1) is 16.5. The molecular formula is C10H8Cl3F3N4O. The maximum Gasteiger partial charge on any atom is 0.438 e. The lowest BCUT2D eigenvalue weighted by Crippen LogP contribution is -2.55. The molecule has 2 heterocycles. The third kappa shape index (κ3) is 3.03. The fourth-order valence-electron chi connectivity index (χ4n) is 1.68. The molecule has 0 aliphatic carbocycles. The summed E-state index contributed by atoms with van der Waals surface area (Å²) in [5.41, 5.74) is -3.10. The Morgan fingerprint density at radius 2 is 1.90 bits per heavy atom. The minimum absolute atomic E-state index is 0.123. The van der Waals surface area contributed by atoms with Crippen molar-refractivity contribution in [1.29, 1.82) is 0 Å². The SMILES string of the molecule is Cc1cc(C(Cl)(Cl)Cl)nc(N2N=CCC2(O)C(F)(F)F)n1. The van der Waals surface area contributed by atoms with E-state index in [4.69, 9.17) is 34.8 Å². The van der Waals surface area contributed by atoms with Crippen LogP contribution in [0.1, 0.15) is 17.8 Å². The molecule has 5 nitrogen and oxygen atoms in total. The molecule has 0 fully saturated rings. The number of nitrogens with zero attached hydrogens (tertiary/aromatic N) is 4. The quantitative estimate of drug-likeness (QED) is 0.779. The lowest BCUT2D eigenvalue weighted by Gasteiger charge is -2.32.